The molecule has 1 aliphatic carbocycles. The number of hydrogen-bond donors (Lipinski definition) is 3. The Balaban J connectivity index is 1.22. The summed E-state index contributed by atoms with van der Waals surface area (Å²) in [5.74, 6) is -2.30. The molecule has 3 N–H and O–H groups in total. The number of alkyl carbamates (subject to hydrolysis) is 1. The first-order valence-corrected chi connectivity index (χ1v) is 18.6. The molecule has 4 aromatic carbocycles. The average Bonchev–Trinajstić information content (AvgIpc) is 3.53. The Bertz CT molecular complexity index is 1870. The fourth-order valence-electron chi connectivity index (χ4n) is 6.82. The number of hydrogen-bond acceptors (Lipinski definition) is 7. The van der Waals surface area contributed by atoms with Crippen LogP contribution in [-0.4, -0.2) is 66.3 Å². The van der Waals surface area contributed by atoms with Crippen molar-refractivity contribution in [2.45, 2.75) is 50.2 Å². The second-order valence-electron chi connectivity index (χ2n) is 13.4. The third-order valence-corrected chi connectivity index (χ3v) is 9.67. The van der Waals surface area contributed by atoms with Gasteiger partial charge in [0.1, 0.15) is 19.3 Å². The molecular weight excluding hydrogens is 695 g/mol. The second kappa shape index (κ2) is 20.5. The number of amides is 3. The number of benzene rings is 4. The highest BCUT2D eigenvalue weighted by Gasteiger charge is 2.31. The minimum absolute atomic E-state index is 0.0869. The maximum atomic E-state index is 13.8. The summed E-state index contributed by atoms with van der Waals surface area (Å²) in [5, 5.41) is 15.3. The zero-order valence-electron chi connectivity index (χ0n) is 31.0. The van der Waals surface area contributed by atoms with Gasteiger partial charge >= 0.3 is 12.1 Å². The number of aliphatic hydroxyl groups is 1. The van der Waals surface area contributed by atoms with E-state index in [2.05, 4.69) is 35.9 Å². The molecule has 0 saturated carbocycles. The number of carbonyl (C=O) groups is 4. The van der Waals surface area contributed by atoms with E-state index in [0.29, 0.717) is 18.5 Å². The largest absolute Gasteiger partial charge is 0.462 e. The molecule has 0 fully saturated rings. The number of fused-ring (bicyclic) bond motifs is 3. The third kappa shape index (κ3) is 11.0. The van der Waals surface area contributed by atoms with Crippen molar-refractivity contribution in [3.8, 4) is 11.1 Å². The summed E-state index contributed by atoms with van der Waals surface area (Å²) in [4.78, 5) is 55.5. The van der Waals surface area contributed by atoms with Gasteiger partial charge in [-0.2, -0.15) is 0 Å². The zero-order valence-corrected chi connectivity index (χ0v) is 31.0. The number of carbonyl (C=O) groups excluding carboxylic acids is 4. The lowest BCUT2D eigenvalue weighted by Crippen LogP contribution is -2.44. The monoisotopic (exact) mass is 743 g/mol. The summed E-state index contributed by atoms with van der Waals surface area (Å²) in [6.07, 6.45) is 3.25. The Hall–Kier alpha value is -6.00. The predicted octanol–water partition coefficient (Wildman–Crippen LogP) is 6.86. The van der Waals surface area contributed by atoms with Crippen LogP contribution in [-0.2, 0) is 30.4 Å². The lowest BCUT2D eigenvalue weighted by molar-refractivity contribution is -0.147. The summed E-state index contributed by atoms with van der Waals surface area (Å²) >= 11 is 0. The Morgan fingerprint density at radius 1 is 0.782 bits per heavy atom. The average molecular weight is 744 g/mol. The van der Waals surface area contributed by atoms with Gasteiger partial charge in [0.25, 0.3) is 0 Å². The summed E-state index contributed by atoms with van der Waals surface area (Å²) < 4.78 is 11.5. The maximum absolute atomic E-state index is 13.8. The molecule has 55 heavy (non-hydrogen) atoms. The van der Waals surface area contributed by atoms with Gasteiger partial charge in [-0.25, -0.2) is 9.59 Å². The van der Waals surface area contributed by atoms with Crippen LogP contribution >= 0.6 is 0 Å². The van der Waals surface area contributed by atoms with E-state index < -0.39 is 36.0 Å². The number of esters is 1. The van der Waals surface area contributed by atoms with Crippen molar-refractivity contribution >= 4 is 23.9 Å². The molecule has 0 heterocycles. The first-order chi connectivity index (χ1) is 26.8. The van der Waals surface area contributed by atoms with Crippen LogP contribution in [0.1, 0.15) is 59.9 Å². The Kier molecular flexibility index (Phi) is 14.9. The van der Waals surface area contributed by atoms with Crippen LogP contribution in [0.15, 0.2) is 135 Å². The molecule has 0 saturated heterocycles. The first kappa shape index (κ1) is 40.2. The molecule has 10 heteroatoms. The highest BCUT2D eigenvalue weighted by atomic mass is 16.6. The van der Waals surface area contributed by atoms with Gasteiger partial charge in [-0.05, 0) is 52.6 Å². The van der Waals surface area contributed by atoms with E-state index in [1.165, 1.54) is 4.90 Å². The molecule has 5 rings (SSSR count). The normalized spacial score (nSPS) is 13.3. The van der Waals surface area contributed by atoms with Gasteiger partial charge in [0, 0.05) is 25.4 Å². The Morgan fingerprint density at radius 3 is 2.02 bits per heavy atom. The van der Waals surface area contributed by atoms with E-state index >= 15 is 0 Å². The van der Waals surface area contributed by atoms with Gasteiger partial charge < -0.3 is 30.1 Å². The lowest BCUT2D eigenvalue weighted by Gasteiger charge is -2.26. The molecule has 0 aliphatic heterocycles. The van der Waals surface area contributed by atoms with Gasteiger partial charge in [0.15, 0.2) is 0 Å². The zero-order chi connectivity index (χ0) is 39.0. The van der Waals surface area contributed by atoms with Gasteiger partial charge in [-0.1, -0.05) is 121 Å². The minimum Gasteiger partial charge on any atom is -0.462 e. The van der Waals surface area contributed by atoms with Crippen LogP contribution < -0.4 is 10.6 Å². The van der Waals surface area contributed by atoms with Crippen molar-refractivity contribution < 1.29 is 33.8 Å². The number of ether oxygens (including phenoxy) is 2. The van der Waals surface area contributed by atoms with Crippen molar-refractivity contribution in [1.29, 1.82) is 0 Å². The molecule has 0 bridgehead atoms. The number of aliphatic hydroxyl groups excluding tert-OH is 1. The van der Waals surface area contributed by atoms with Crippen LogP contribution in [0, 0.1) is 5.92 Å². The van der Waals surface area contributed by atoms with E-state index in [1.807, 2.05) is 84.9 Å². The van der Waals surface area contributed by atoms with E-state index in [9.17, 15) is 24.3 Å². The fraction of sp³-hybridized carbons (Fsp3) is 0.289. The smallest absolute Gasteiger partial charge is 0.407 e. The molecule has 3 amide bonds. The van der Waals surface area contributed by atoms with Crippen molar-refractivity contribution in [2.75, 3.05) is 26.4 Å². The Labute approximate surface area is 322 Å². The molecule has 3 atom stereocenters. The predicted molar refractivity (Wildman–Crippen MR) is 212 cm³/mol. The molecule has 286 valence electrons. The fourth-order valence-corrected chi connectivity index (χ4v) is 6.82. The van der Waals surface area contributed by atoms with E-state index in [0.717, 1.165) is 27.8 Å². The molecular formula is C45H49N3O7. The SMILES string of the molecule is C=CCCC(NC(=O)OCC1c2ccccc2-c2ccccc21)C(=O)OCC(NC(=O)C(CC=C)CC(=O)N(CCO)Cc1ccccc1)c1ccccc1. The van der Waals surface area contributed by atoms with Gasteiger partial charge in [0.2, 0.25) is 11.8 Å². The molecule has 0 aromatic heterocycles. The van der Waals surface area contributed by atoms with Crippen molar-refractivity contribution in [3.05, 3.63) is 157 Å². The van der Waals surface area contributed by atoms with Crippen molar-refractivity contribution in [2.24, 2.45) is 5.92 Å². The molecule has 3 unspecified atom stereocenters. The van der Waals surface area contributed by atoms with Crippen LogP contribution in [0.4, 0.5) is 4.79 Å². The summed E-state index contributed by atoms with van der Waals surface area (Å²) in [7, 11) is 0. The molecule has 1 aliphatic rings. The molecule has 4 aromatic rings. The minimum atomic E-state index is -1.03. The van der Waals surface area contributed by atoms with E-state index in [1.54, 1.807) is 24.3 Å². The number of allylic oxidation sites excluding steroid dienone is 2. The standard InChI is InChI=1S/C45H49N3O7/c1-3-5-25-40(47-45(53)55-30-39-37-23-14-12-21-35(37)36-22-13-15-24-38(36)39)44(52)54-31-41(33-19-10-7-11-20-33)46-43(51)34(16-4-2)28-42(50)48(26-27-49)29-32-17-8-6-9-18-32/h3-4,6-15,17-24,34,39-41,49H,1-2,5,16,25-31H2,(H,46,51)(H,47,53). The topological polar surface area (TPSA) is 134 Å². The van der Waals surface area contributed by atoms with Crippen molar-refractivity contribution in [1.82, 2.24) is 15.5 Å². The molecule has 0 spiro atoms. The van der Waals surface area contributed by atoms with Crippen molar-refractivity contribution in [3.63, 3.8) is 0 Å². The van der Waals surface area contributed by atoms with Crippen LogP contribution in [0.5, 0.6) is 0 Å². The van der Waals surface area contributed by atoms with Crippen LogP contribution in [0.3, 0.4) is 0 Å². The van der Waals surface area contributed by atoms with Gasteiger partial charge in [-0.15, -0.1) is 13.2 Å². The second-order valence-corrected chi connectivity index (χ2v) is 13.4. The summed E-state index contributed by atoms with van der Waals surface area (Å²) in [5.41, 5.74) is 5.94. The quantitative estimate of drug-likeness (QED) is 0.0665. The Morgan fingerprint density at radius 2 is 1.40 bits per heavy atom. The van der Waals surface area contributed by atoms with Crippen LogP contribution in [0.2, 0.25) is 0 Å². The molecule has 0 radical (unpaired) electrons. The van der Waals surface area contributed by atoms with Gasteiger partial charge in [0.05, 0.1) is 18.6 Å². The third-order valence-electron chi connectivity index (χ3n) is 9.67. The number of nitrogens with zero attached hydrogens (tertiary/aromatic N) is 1. The lowest BCUT2D eigenvalue weighted by atomic mass is 9.97. The summed E-state index contributed by atoms with van der Waals surface area (Å²) in [6.45, 7) is 7.60. The number of nitrogens with one attached hydrogen (secondary N) is 2. The summed E-state index contributed by atoms with van der Waals surface area (Å²) in [6, 6.07) is 32.8. The van der Waals surface area contributed by atoms with Crippen LogP contribution in [0.25, 0.3) is 11.1 Å². The maximum Gasteiger partial charge on any atom is 0.407 e. The molecule has 10 nitrogen and oxygen atoms in total. The van der Waals surface area contributed by atoms with E-state index in [4.69, 9.17) is 9.47 Å². The number of rotatable bonds is 20. The highest BCUT2D eigenvalue weighted by Crippen LogP contribution is 2.44. The van der Waals surface area contributed by atoms with E-state index in [-0.39, 0.29) is 57.5 Å². The first-order valence-electron chi connectivity index (χ1n) is 18.6. The highest BCUT2D eigenvalue weighted by molar-refractivity contribution is 5.86. The van der Waals surface area contributed by atoms with Gasteiger partial charge in [-0.3, -0.25) is 9.59 Å².